The van der Waals surface area contributed by atoms with E-state index >= 15 is 0 Å². The Morgan fingerprint density at radius 3 is 2.17 bits per heavy atom. The second-order valence-corrected chi connectivity index (χ2v) is 0.527. The fourth-order valence-electron chi connectivity index (χ4n) is 0. The van der Waals surface area contributed by atoms with Crippen molar-refractivity contribution in [2.24, 2.45) is 0 Å². The van der Waals surface area contributed by atoms with E-state index in [2.05, 4.69) is 0 Å². The Bertz CT molecular complexity index is 51.0. The van der Waals surface area contributed by atoms with E-state index in [4.69, 9.17) is 9.90 Å². The molecule has 0 aliphatic rings. The van der Waals surface area contributed by atoms with Crippen molar-refractivity contribution in [3.8, 4) is 0 Å². The van der Waals surface area contributed by atoms with Gasteiger partial charge in [0.1, 0.15) is 0 Å². The summed E-state index contributed by atoms with van der Waals surface area (Å²) in [5.41, 5.74) is 0. The number of carboxylic acid groups (broad SMARTS) is 1. The number of halogens is 1. The van der Waals surface area contributed by atoms with Gasteiger partial charge in [-0.05, 0) is 0 Å². The van der Waals surface area contributed by atoms with Crippen LogP contribution in [0.4, 0.5) is 4.39 Å². The summed E-state index contributed by atoms with van der Waals surface area (Å²) in [5.74, 6) is -1.41. The van der Waals surface area contributed by atoms with Gasteiger partial charge in [-0.3, -0.25) is 0 Å². The predicted octanol–water partition coefficient (Wildman–Crippen LogP) is -2.84. The molecule has 0 aromatic carbocycles. The molecule has 0 fully saturated rings. The van der Waals surface area contributed by atoms with E-state index in [0.29, 0.717) is 0 Å². The zero-order valence-electron chi connectivity index (χ0n) is 4.44. The molecule has 0 radical (unpaired) electrons. The van der Waals surface area contributed by atoms with Crippen LogP contribution in [0.15, 0.2) is 0 Å². The van der Waals surface area contributed by atoms with Crippen LogP contribution in [-0.4, -0.2) is 17.8 Å². The first-order valence-electron chi connectivity index (χ1n) is 1.05. The summed E-state index contributed by atoms with van der Waals surface area (Å²) in [6.45, 7) is -1.28. The van der Waals surface area contributed by atoms with Gasteiger partial charge in [-0.15, -0.1) is 0 Å². The molecule has 0 aromatic heterocycles. The first-order valence-corrected chi connectivity index (χ1v) is 1.05. The molecule has 1 N–H and O–H groups in total. The minimum atomic E-state index is -1.41. The number of carboxylic acids is 1. The van der Waals surface area contributed by atoms with Gasteiger partial charge in [0.05, 0.1) is 0 Å². The summed E-state index contributed by atoms with van der Waals surface area (Å²) in [4.78, 5) is 8.99. The minimum Gasteiger partial charge on any atom is -1.00 e. The Balaban J connectivity index is -0.0000000800. The minimum absolute atomic E-state index is 0. The monoisotopic (exact) mass is 212 g/mol. The summed E-state index contributed by atoms with van der Waals surface area (Å²) in [6.07, 6.45) is 0. The van der Waals surface area contributed by atoms with Gasteiger partial charge in [0.15, 0.2) is 6.67 Å². The summed E-state index contributed by atoms with van der Waals surface area (Å²) in [6, 6.07) is 0. The zero-order valence-corrected chi connectivity index (χ0v) is 9.72. The van der Waals surface area contributed by atoms with Crippen molar-refractivity contribution >= 4 is 5.97 Å². The molecule has 0 spiro atoms. The smallest absolute Gasteiger partial charge is 1.00 e. The average Bonchev–Trinajstić information content (AvgIpc) is 1.38. The molecule has 32 valence electrons. The molecule has 0 aromatic rings. The van der Waals surface area contributed by atoms with Crippen LogP contribution in [0.25, 0.3) is 0 Å². The molecule has 4 heteroatoms. The van der Waals surface area contributed by atoms with E-state index in [1.165, 1.54) is 0 Å². The van der Waals surface area contributed by atoms with Gasteiger partial charge in [0.2, 0.25) is 0 Å². The van der Waals surface area contributed by atoms with E-state index in [1.807, 2.05) is 0 Å². The Labute approximate surface area is 95.0 Å². The Morgan fingerprint density at radius 2 is 2.17 bits per heavy atom. The fraction of sp³-hybridized carbons (Fsp3) is 0.500. The normalized spacial score (nSPS) is 6.17. The Kier molecular flexibility index (Phi) is 11.2. The maximum atomic E-state index is 10.5. The van der Waals surface area contributed by atoms with Gasteiger partial charge >= 0.3 is 74.9 Å². The second-order valence-electron chi connectivity index (χ2n) is 0.527. The van der Waals surface area contributed by atoms with Crippen LogP contribution >= 0.6 is 0 Å². The largest absolute Gasteiger partial charge is 1.00 e. The number of alkyl halides is 1. The van der Waals surface area contributed by atoms with Gasteiger partial charge in [-0.1, -0.05) is 0 Å². The molecule has 2 nitrogen and oxygen atoms in total. The molecular formula is C2H4CsFO2. The van der Waals surface area contributed by atoms with Crippen molar-refractivity contribution in [2.45, 2.75) is 0 Å². The molecule has 0 saturated heterocycles. The quantitative estimate of drug-likeness (QED) is 0.508. The Hall–Kier alpha value is 1.45. The number of rotatable bonds is 1. The fourth-order valence-corrected chi connectivity index (χ4v) is 0. The first-order chi connectivity index (χ1) is 2.27. The predicted molar refractivity (Wildman–Crippen MR) is 14.7 cm³/mol. The maximum Gasteiger partial charge on any atom is 1.00 e. The molecule has 0 aliphatic heterocycles. The number of aliphatic carboxylic acids is 1. The topological polar surface area (TPSA) is 37.3 Å². The number of carbonyl (C=O) groups is 1. The SMILES string of the molecule is O=C(O)CF.[Cs+].[H-]. The van der Waals surface area contributed by atoms with Gasteiger partial charge in [-0.25, -0.2) is 9.18 Å². The van der Waals surface area contributed by atoms with Crippen molar-refractivity contribution in [1.82, 2.24) is 0 Å². The molecular weight excluding hydrogens is 208 g/mol. The van der Waals surface area contributed by atoms with Gasteiger partial charge in [0.25, 0.3) is 0 Å². The zero-order chi connectivity index (χ0) is 4.28. The van der Waals surface area contributed by atoms with Gasteiger partial charge in [-0.2, -0.15) is 0 Å². The van der Waals surface area contributed by atoms with Crippen LogP contribution < -0.4 is 68.9 Å². The summed E-state index contributed by atoms with van der Waals surface area (Å²) < 4.78 is 10.5. The van der Waals surface area contributed by atoms with Crippen molar-refractivity contribution in [3.05, 3.63) is 0 Å². The van der Waals surface area contributed by atoms with Crippen LogP contribution in [0, 0.1) is 0 Å². The summed E-state index contributed by atoms with van der Waals surface area (Å²) in [5, 5.41) is 7.35. The molecule has 0 saturated carbocycles. The molecule has 0 bridgehead atoms. The summed E-state index contributed by atoms with van der Waals surface area (Å²) >= 11 is 0. The van der Waals surface area contributed by atoms with E-state index in [1.54, 1.807) is 0 Å². The van der Waals surface area contributed by atoms with Crippen LogP contribution in [0.2, 0.25) is 0 Å². The van der Waals surface area contributed by atoms with E-state index in [0.717, 1.165) is 0 Å². The van der Waals surface area contributed by atoms with Crippen molar-refractivity contribution in [1.29, 1.82) is 0 Å². The van der Waals surface area contributed by atoms with Crippen molar-refractivity contribution < 1.29 is 84.6 Å². The van der Waals surface area contributed by atoms with Crippen LogP contribution in [0.1, 0.15) is 1.43 Å². The molecule has 0 amide bonds. The molecule has 0 heterocycles. The summed E-state index contributed by atoms with van der Waals surface area (Å²) in [7, 11) is 0. The van der Waals surface area contributed by atoms with E-state index < -0.39 is 12.6 Å². The molecule has 0 unspecified atom stereocenters. The second kappa shape index (κ2) is 6.45. The van der Waals surface area contributed by atoms with Gasteiger partial charge < -0.3 is 6.53 Å². The van der Waals surface area contributed by atoms with Crippen LogP contribution in [0.5, 0.6) is 0 Å². The number of hydrogen-bond acceptors (Lipinski definition) is 1. The number of hydrogen-bond donors (Lipinski definition) is 1. The molecule has 0 atom stereocenters. The van der Waals surface area contributed by atoms with Crippen LogP contribution in [0.3, 0.4) is 0 Å². The standard InChI is InChI=1S/C2H3FO2.Cs.H/c3-1-2(4)5;;/h1H2,(H,4,5);;/q;+1;-1. The van der Waals surface area contributed by atoms with E-state index in [9.17, 15) is 4.39 Å². The maximum absolute atomic E-state index is 10.5. The van der Waals surface area contributed by atoms with Gasteiger partial charge in [0, 0.05) is 0 Å². The molecule has 0 rings (SSSR count). The Morgan fingerprint density at radius 1 is 2.00 bits per heavy atom. The third-order valence-corrected chi connectivity index (χ3v) is 0.114. The van der Waals surface area contributed by atoms with Crippen molar-refractivity contribution in [2.75, 3.05) is 6.67 Å². The first kappa shape index (κ1) is 10.4. The average molecular weight is 212 g/mol. The van der Waals surface area contributed by atoms with Crippen LogP contribution in [-0.2, 0) is 4.79 Å². The van der Waals surface area contributed by atoms with Crippen molar-refractivity contribution in [3.63, 3.8) is 0 Å². The van der Waals surface area contributed by atoms with E-state index in [-0.39, 0.29) is 70.3 Å². The molecule has 0 aliphatic carbocycles. The third kappa shape index (κ3) is 9.07. The molecule has 6 heavy (non-hydrogen) atoms. The third-order valence-electron chi connectivity index (χ3n) is 0.114.